The second kappa shape index (κ2) is 4.07. The van der Waals surface area contributed by atoms with E-state index in [9.17, 15) is 4.79 Å². The highest BCUT2D eigenvalue weighted by Crippen LogP contribution is 2.14. The number of nitrogens with zero attached hydrogens (tertiary/aromatic N) is 2. The smallest absolute Gasteiger partial charge is 0.341 e. The van der Waals surface area contributed by atoms with Gasteiger partial charge in [-0.25, -0.2) is 4.79 Å². The van der Waals surface area contributed by atoms with E-state index in [0.717, 1.165) is 0 Å². The molecule has 0 saturated carbocycles. The maximum Gasteiger partial charge on any atom is 0.341 e. The second-order valence-electron chi connectivity index (χ2n) is 2.17. The first-order valence-corrected chi connectivity index (χ1v) is 3.42. The molecule has 0 atom stereocenters. The van der Waals surface area contributed by atoms with Crippen molar-refractivity contribution in [3.63, 3.8) is 0 Å². The van der Waals surface area contributed by atoms with Crippen molar-refractivity contribution in [1.82, 2.24) is 4.98 Å². The Balaban J connectivity index is 2.77. The quantitative estimate of drug-likeness (QED) is 0.724. The summed E-state index contributed by atoms with van der Waals surface area (Å²) in [6.07, 6.45) is 2.75. The Hall–Kier alpha value is -2.09. The highest BCUT2D eigenvalue weighted by atomic mass is 16.5. The number of carboxylic acids is 1. The van der Waals surface area contributed by atoms with E-state index in [1.165, 1.54) is 18.5 Å². The number of aromatic nitrogens is 1. The molecule has 0 aliphatic heterocycles. The Morgan fingerprint density at radius 1 is 1.77 bits per heavy atom. The van der Waals surface area contributed by atoms with Gasteiger partial charge in [0, 0.05) is 12.4 Å². The lowest BCUT2D eigenvalue weighted by atomic mass is 10.3. The predicted octanol–water partition coefficient (Wildman–Crippen LogP) is 0.417. The molecule has 0 unspecified atom stereocenters. The van der Waals surface area contributed by atoms with E-state index in [-0.39, 0.29) is 11.3 Å². The van der Waals surface area contributed by atoms with Crippen LogP contribution >= 0.6 is 0 Å². The van der Waals surface area contributed by atoms with Crippen LogP contribution in [0.5, 0.6) is 5.75 Å². The van der Waals surface area contributed by atoms with E-state index in [0.29, 0.717) is 0 Å². The molecule has 1 rings (SSSR count). The molecule has 0 aliphatic rings. The minimum atomic E-state index is -1.08. The van der Waals surface area contributed by atoms with Crippen LogP contribution in [0.2, 0.25) is 0 Å². The maximum absolute atomic E-state index is 10.1. The molecule has 1 aromatic rings. The molecule has 1 aromatic heterocycles. The summed E-state index contributed by atoms with van der Waals surface area (Å²) in [6, 6.07) is 3.28. The molecule has 0 fully saturated rings. The number of nitriles is 1. The largest absolute Gasteiger partial charge is 0.480 e. The van der Waals surface area contributed by atoms with Gasteiger partial charge in [0.25, 0.3) is 0 Å². The molecule has 0 saturated heterocycles. The first-order chi connectivity index (χ1) is 6.24. The summed E-state index contributed by atoms with van der Waals surface area (Å²) in [5, 5.41) is 16.9. The summed E-state index contributed by atoms with van der Waals surface area (Å²) in [7, 11) is 0. The Kier molecular flexibility index (Phi) is 2.82. The van der Waals surface area contributed by atoms with Gasteiger partial charge < -0.3 is 9.84 Å². The van der Waals surface area contributed by atoms with E-state index in [4.69, 9.17) is 15.1 Å². The van der Waals surface area contributed by atoms with Crippen molar-refractivity contribution in [3.8, 4) is 11.8 Å². The second-order valence-corrected chi connectivity index (χ2v) is 2.17. The van der Waals surface area contributed by atoms with Gasteiger partial charge in [0.05, 0.1) is 0 Å². The fourth-order valence-corrected chi connectivity index (χ4v) is 0.731. The van der Waals surface area contributed by atoms with Gasteiger partial charge in [-0.2, -0.15) is 5.26 Å². The van der Waals surface area contributed by atoms with Gasteiger partial charge in [0.1, 0.15) is 17.4 Å². The van der Waals surface area contributed by atoms with Crippen LogP contribution in [0.1, 0.15) is 5.56 Å². The topological polar surface area (TPSA) is 83.2 Å². The van der Waals surface area contributed by atoms with E-state index >= 15 is 0 Å². The molecule has 13 heavy (non-hydrogen) atoms. The number of pyridine rings is 1. The fraction of sp³-hybridized carbons (Fsp3) is 0.125. The Bertz CT molecular complexity index is 357. The van der Waals surface area contributed by atoms with Gasteiger partial charge in [-0.3, -0.25) is 4.98 Å². The van der Waals surface area contributed by atoms with Crippen LogP contribution in [0.4, 0.5) is 0 Å². The molecule has 66 valence electrons. The number of aliphatic carboxylic acids is 1. The lowest BCUT2D eigenvalue weighted by Gasteiger charge is -2.02. The average molecular weight is 178 g/mol. The van der Waals surface area contributed by atoms with Crippen molar-refractivity contribution in [2.75, 3.05) is 6.61 Å². The normalized spacial score (nSPS) is 8.85. The van der Waals surface area contributed by atoms with Gasteiger partial charge in [-0.15, -0.1) is 0 Å². The number of carboxylic acid groups (broad SMARTS) is 1. The highest BCUT2D eigenvalue weighted by Gasteiger charge is 2.04. The first-order valence-electron chi connectivity index (χ1n) is 3.42. The minimum absolute atomic E-state index is 0.226. The summed E-state index contributed by atoms with van der Waals surface area (Å²) in [5.74, 6) is -0.847. The van der Waals surface area contributed by atoms with Gasteiger partial charge in [-0.1, -0.05) is 0 Å². The molecular weight excluding hydrogens is 172 g/mol. The van der Waals surface area contributed by atoms with Crippen LogP contribution in [0.15, 0.2) is 18.5 Å². The first kappa shape index (κ1) is 9.00. The van der Waals surface area contributed by atoms with Gasteiger partial charge in [0.15, 0.2) is 6.61 Å². The third kappa shape index (κ3) is 2.45. The number of rotatable bonds is 3. The third-order valence-electron chi connectivity index (χ3n) is 1.25. The lowest BCUT2D eigenvalue weighted by Crippen LogP contribution is -2.10. The van der Waals surface area contributed by atoms with Crippen molar-refractivity contribution >= 4 is 5.97 Å². The molecule has 1 N–H and O–H groups in total. The Morgan fingerprint density at radius 2 is 2.54 bits per heavy atom. The molecule has 0 bridgehead atoms. The summed E-state index contributed by atoms with van der Waals surface area (Å²) >= 11 is 0. The molecule has 5 heteroatoms. The minimum Gasteiger partial charge on any atom is -0.480 e. The maximum atomic E-state index is 10.1. The van der Waals surface area contributed by atoms with E-state index in [2.05, 4.69) is 4.98 Å². The predicted molar refractivity (Wildman–Crippen MR) is 42.1 cm³/mol. The van der Waals surface area contributed by atoms with Gasteiger partial charge >= 0.3 is 5.97 Å². The summed E-state index contributed by atoms with van der Waals surface area (Å²) in [5.41, 5.74) is 0.226. The molecule has 0 amide bonds. The molecular formula is C8H6N2O3. The van der Waals surface area contributed by atoms with Crippen LogP contribution in [0, 0.1) is 11.3 Å². The molecule has 0 spiro atoms. The average Bonchev–Trinajstić information content (AvgIpc) is 2.15. The highest BCUT2D eigenvalue weighted by molar-refractivity contribution is 5.68. The fourth-order valence-electron chi connectivity index (χ4n) is 0.731. The summed E-state index contributed by atoms with van der Waals surface area (Å²) < 4.78 is 4.83. The molecule has 5 nitrogen and oxygen atoms in total. The molecule has 0 aliphatic carbocycles. The number of carbonyl (C=O) groups is 1. The van der Waals surface area contributed by atoms with E-state index in [1.807, 2.05) is 6.07 Å². The van der Waals surface area contributed by atoms with Crippen LogP contribution in [0.25, 0.3) is 0 Å². The molecule has 0 radical (unpaired) electrons. The Morgan fingerprint density at radius 3 is 3.15 bits per heavy atom. The summed E-state index contributed by atoms with van der Waals surface area (Å²) in [6.45, 7) is -0.460. The van der Waals surface area contributed by atoms with Crippen LogP contribution in [-0.4, -0.2) is 22.7 Å². The van der Waals surface area contributed by atoms with E-state index < -0.39 is 12.6 Å². The number of hydrogen-bond acceptors (Lipinski definition) is 4. The molecule has 1 heterocycles. The SMILES string of the molecule is N#Cc1cnccc1OCC(=O)O. The van der Waals surface area contributed by atoms with Crippen molar-refractivity contribution in [2.24, 2.45) is 0 Å². The molecule has 0 aromatic carbocycles. The third-order valence-corrected chi connectivity index (χ3v) is 1.25. The zero-order valence-corrected chi connectivity index (χ0v) is 6.60. The van der Waals surface area contributed by atoms with Crippen LogP contribution < -0.4 is 4.74 Å². The van der Waals surface area contributed by atoms with Crippen molar-refractivity contribution in [3.05, 3.63) is 24.0 Å². The monoisotopic (exact) mass is 178 g/mol. The standard InChI is InChI=1S/C8H6N2O3/c9-3-6-4-10-2-1-7(6)13-5-8(11)12/h1-2,4H,5H2,(H,11,12). The number of ether oxygens (including phenoxy) is 1. The zero-order chi connectivity index (χ0) is 9.68. The van der Waals surface area contributed by atoms with Crippen molar-refractivity contribution in [2.45, 2.75) is 0 Å². The number of hydrogen-bond donors (Lipinski definition) is 1. The zero-order valence-electron chi connectivity index (χ0n) is 6.60. The van der Waals surface area contributed by atoms with Crippen molar-refractivity contribution < 1.29 is 14.6 Å². The van der Waals surface area contributed by atoms with Crippen LogP contribution in [0.3, 0.4) is 0 Å². The summed E-state index contributed by atoms with van der Waals surface area (Å²) in [4.78, 5) is 13.8. The van der Waals surface area contributed by atoms with Crippen LogP contribution in [-0.2, 0) is 4.79 Å². The van der Waals surface area contributed by atoms with Gasteiger partial charge in [-0.05, 0) is 6.07 Å². The Labute approximate surface area is 74.2 Å². The lowest BCUT2D eigenvalue weighted by molar-refractivity contribution is -0.139. The van der Waals surface area contributed by atoms with Gasteiger partial charge in [0.2, 0.25) is 0 Å². The van der Waals surface area contributed by atoms with Crippen molar-refractivity contribution in [1.29, 1.82) is 5.26 Å². The van der Waals surface area contributed by atoms with E-state index in [1.54, 1.807) is 0 Å².